The topological polar surface area (TPSA) is 17.1 Å². The molecule has 0 saturated heterocycles. The van der Waals surface area contributed by atoms with Gasteiger partial charge in [0.2, 0.25) is 0 Å². The molecule has 0 atom stereocenters. The highest BCUT2D eigenvalue weighted by Gasteiger charge is 2.29. The zero-order valence-corrected chi connectivity index (χ0v) is 11.2. The third kappa shape index (κ3) is 2.38. The van der Waals surface area contributed by atoms with Crippen molar-refractivity contribution in [3.63, 3.8) is 0 Å². The Labute approximate surface area is 108 Å². The zero-order valence-electron chi connectivity index (χ0n) is 11.2. The minimum Gasteiger partial charge on any atom is -0.289 e. The highest BCUT2D eigenvalue weighted by Crippen LogP contribution is 2.40. The zero-order chi connectivity index (χ0) is 13.3. The van der Waals surface area contributed by atoms with Crippen molar-refractivity contribution in [3.8, 4) is 0 Å². The van der Waals surface area contributed by atoms with Gasteiger partial charge in [-0.05, 0) is 61.4 Å². The second-order valence-electron chi connectivity index (χ2n) is 5.68. The summed E-state index contributed by atoms with van der Waals surface area (Å²) in [6, 6.07) is 5.83. The van der Waals surface area contributed by atoms with E-state index in [2.05, 4.69) is 20.8 Å². The van der Waals surface area contributed by atoms with Crippen LogP contribution < -0.4 is 0 Å². The fourth-order valence-electron chi connectivity index (χ4n) is 2.55. The number of ketones is 1. The molecule has 1 nitrogen and oxygen atoms in total. The van der Waals surface area contributed by atoms with Gasteiger partial charge in [0.05, 0.1) is 0 Å². The maximum Gasteiger partial charge on any atom is 0.188 e. The summed E-state index contributed by atoms with van der Waals surface area (Å²) < 4.78 is 12.9. The number of halogens is 1. The third-order valence-electron chi connectivity index (χ3n) is 4.08. The van der Waals surface area contributed by atoms with Crippen molar-refractivity contribution in [2.45, 2.75) is 40.0 Å². The van der Waals surface area contributed by atoms with Crippen LogP contribution in [-0.4, -0.2) is 5.78 Å². The smallest absolute Gasteiger partial charge is 0.188 e. The van der Waals surface area contributed by atoms with Gasteiger partial charge in [0.1, 0.15) is 5.82 Å². The average Bonchev–Trinajstić information content (AvgIpc) is 2.33. The van der Waals surface area contributed by atoms with E-state index < -0.39 is 0 Å². The first-order valence-corrected chi connectivity index (χ1v) is 6.42. The van der Waals surface area contributed by atoms with E-state index >= 15 is 0 Å². The van der Waals surface area contributed by atoms with Crippen LogP contribution in [0.25, 0.3) is 0 Å². The lowest BCUT2D eigenvalue weighted by atomic mass is 9.72. The first-order valence-electron chi connectivity index (χ1n) is 6.42. The Morgan fingerprint density at radius 1 is 1.22 bits per heavy atom. The fraction of sp³-hybridized carbons (Fsp3) is 0.438. The fourth-order valence-corrected chi connectivity index (χ4v) is 2.55. The van der Waals surface area contributed by atoms with Crippen molar-refractivity contribution in [1.82, 2.24) is 0 Å². The molecule has 0 heterocycles. The quantitative estimate of drug-likeness (QED) is 0.700. The molecule has 1 aromatic rings. The van der Waals surface area contributed by atoms with Gasteiger partial charge in [-0.3, -0.25) is 4.79 Å². The molecule has 18 heavy (non-hydrogen) atoms. The summed E-state index contributed by atoms with van der Waals surface area (Å²) in [6.07, 6.45) is 3.01. The number of carbonyl (C=O) groups excluding carboxylic acids is 1. The number of hydrogen-bond donors (Lipinski definition) is 0. The summed E-state index contributed by atoms with van der Waals surface area (Å²) in [7, 11) is 0. The number of carbonyl (C=O) groups is 1. The van der Waals surface area contributed by atoms with Gasteiger partial charge in [0, 0.05) is 5.56 Å². The van der Waals surface area contributed by atoms with E-state index in [0.29, 0.717) is 5.56 Å². The van der Waals surface area contributed by atoms with Gasteiger partial charge in [-0.25, -0.2) is 4.39 Å². The van der Waals surface area contributed by atoms with E-state index in [9.17, 15) is 9.18 Å². The van der Waals surface area contributed by atoms with Crippen LogP contribution in [0.4, 0.5) is 4.39 Å². The molecule has 0 fully saturated rings. The Kier molecular flexibility index (Phi) is 3.38. The molecule has 1 aliphatic carbocycles. The van der Waals surface area contributed by atoms with Crippen LogP contribution in [-0.2, 0) is 0 Å². The predicted molar refractivity (Wildman–Crippen MR) is 71.1 cm³/mol. The van der Waals surface area contributed by atoms with Crippen molar-refractivity contribution in [2.24, 2.45) is 5.41 Å². The standard InChI is InChI=1S/C16H19FO/c1-11-14(5-4-10-16(11,2)3)15(18)12-6-8-13(17)9-7-12/h6-9H,4-5,10H2,1-3H3. The first-order chi connectivity index (χ1) is 8.42. The molecule has 0 amide bonds. The van der Waals surface area contributed by atoms with Crippen LogP contribution in [0.5, 0.6) is 0 Å². The summed E-state index contributed by atoms with van der Waals surface area (Å²) in [5.74, 6) is -0.249. The van der Waals surface area contributed by atoms with Crippen molar-refractivity contribution in [3.05, 3.63) is 46.8 Å². The van der Waals surface area contributed by atoms with Gasteiger partial charge in [-0.15, -0.1) is 0 Å². The average molecular weight is 246 g/mol. The number of hydrogen-bond acceptors (Lipinski definition) is 1. The molecule has 0 N–H and O–H groups in total. The maximum atomic E-state index is 12.9. The molecule has 1 aromatic carbocycles. The Morgan fingerprint density at radius 3 is 2.44 bits per heavy atom. The summed E-state index contributed by atoms with van der Waals surface area (Å²) in [5, 5.41) is 0. The molecule has 96 valence electrons. The molecule has 1 aliphatic rings. The Hall–Kier alpha value is -1.44. The molecule has 0 aromatic heterocycles. The normalized spacial score (nSPS) is 18.9. The summed E-state index contributed by atoms with van der Waals surface area (Å²) in [6.45, 7) is 6.41. The monoisotopic (exact) mass is 246 g/mol. The highest BCUT2D eigenvalue weighted by molar-refractivity contribution is 6.09. The van der Waals surface area contributed by atoms with E-state index in [4.69, 9.17) is 0 Å². The lowest BCUT2D eigenvalue weighted by molar-refractivity contribution is 0.102. The van der Waals surface area contributed by atoms with Crippen molar-refractivity contribution < 1.29 is 9.18 Å². The molecular weight excluding hydrogens is 227 g/mol. The Morgan fingerprint density at radius 2 is 1.83 bits per heavy atom. The molecule has 0 unspecified atom stereocenters. The van der Waals surface area contributed by atoms with Gasteiger partial charge < -0.3 is 0 Å². The van der Waals surface area contributed by atoms with Crippen LogP contribution in [0.2, 0.25) is 0 Å². The molecule has 0 spiro atoms. The minimum atomic E-state index is -0.304. The first kappa shape index (κ1) is 13.0. The van der Waals surface area contributed by atoms with E-state index in [1.165, 1.54) is 17.7 Å². The maximum absolute atomic E-state index is 12.9. The van der Waals surface area contributed by atoms with Crippen molar-refractivity contribution in [2.75, 3.05) is 0 Å². The van der Waals surface area contributed by atoms with E-state index in [1.54, 1.807) is 12.1 Å². The van der Waals surface area contributed by atoms with Gasteiger partial charge in [-0.2, -0.15) is 0 Å². The van der Waals surface area contributed by atoms with E-state index in [-0.39, 0.29) is 17.0 Å². The summed E-state index contributed by atoms with van der Waals surface area (Å²) in [4.78, 5) is 12.4. The predicted octanol–water partition coefficient (Wildman–Crippen LogP) is 4.54. The second-order valence-corrected chi connectivity index (χ2v) is 5.68. The Bertz CT molecular complexity index is 494. The van der Waals surface area contributed by atoms with Crippen molar-refractivity contribution in [1.29, 1.82) is 0 Å². The number of rotatable bonds is 2. The largest absolute Gasteiger partial charge is 0.289 e. The molecule has 0 saturated carbocycles. The van der Waals surface area contributed by atoms with E-state index in [0.717, 1.165) is 24.8 Å². The second kappa shape index (κ2) is 4.68. The number of allylic oxidation sites excluding steroid dienone is 2. The van der Waals surface area contributed by atoms with Gasteiger partial charge in [-0.1, -0.05) is 19.4 Å². The lowest BCUT2D eigenvalue weighted by Crippen LogP contribution is -2.22. The van der Waals surface area contributed by atoms with Crippen LogP contribution in [0.15, 0.2) is 35.4 Å². The SMILES string of the molecule is CC1=C(C(=O)c2ccc(F)cc2)CCCC1(C)C. The van der Waals surface area contributed by atoms with E-state index in [1.807, 2.05) is 0 Å². The molecule has 0 bridgehead atoms. The molecule has 0 radical (unpaired) electrons. The number of benzene rings is 1. The van der Waals surface area contributed by atoms with Crippen LogP contribution in [0.3, 0.4) is 0 Å². The van der Waals surface area contributed by atoms with Gasteiger partial charge in [0.15, 0.2) is 5.78 Å². The van der Waals surface area contributed by atoms with Gasteiger partial charge >= 0.3 is 0 Å². The van der Waals surface area contributed by atoms with Crippen LogP contribution >= 0.6 is 0 Å². The summed E-state index contributed by atoms with van der Waals surface area (Å²) >= 11 is 0. The number of Topliss-reactive ketones (excluding diaryl/α,β-unsaturated/α-hetero) is 1. The van der Waals surface area contributed by atoms with Crippen molar-refractivity contribution >= 4 is 5.78 Å². The third-order valence-corrected chi connectivity index (χ3v) is 4.08. The minimum absolute atomic E-state index is 0.0558. The Balaban J connectivity index is 2.37. The highest BCUT2D eigenvalue weighted by atomic mass is 19.1. The molecule has 2 rings (SSSR count). The van der Waals surface area contributed by atoms with Crippen LogP contribution in [0.1, 0.15) is 50.4 Å². The van der Waals surface area contributed by atoms with Gasteiger partial charge in [0.25, 0.3) is 0 Å². The molecule has 2 heteroatoms. The molecule has 0 aliphatic heterocycles. The summed E-state index contributed by atoms with van der Waals surface area (Å²) in [5.41, 5.74) is 2.79. The molecular formula is C16H19FO. The lowest BCUT2D eigenvalue weighted by Gasteiger charge is -2.32. The van der Waals surface area contributed by atoms with Crippen LogP contribution in [0, 0.1) is 11.2 Å².